The van der Waals surface area contributed by atoms with Crippen molar-refractivity contribution in [3.05, 3.63) is 95.1 Å². The molecule has 0 aromatic heterocycles. The highest BCUT2D eigenvalue weighted by Crippen LogP contribution is 2.61. The first-order chi connectivity index (χ1) is 18.9. The number of amides is 3. The minimum absolute atomic E-state index is 0.253. The number of hydrogen-bond acceptors (Lipinski definition) is 6. The minimum atomic E-state index is -1.15. The van der Waals surface area contributed by atoms with Crippen LogP contribution in [0.4, 0.5) is 5.69 Å². The number of nitrogens with zero attached hydrogens (tertiary/aromatic N) is 1. The first kappa shape index (κ1) is 24.9. The molecule has 1 saturated heterocycles. The van der Waals surface area contributed by atoms with E-state index in [1.807, 2.05) is 55.5 Å². The standard InChI is InChI=1S/C31H28N2O6/c1-3-38-19-14-12-18(13-15-19)32-24(34)16-39-31(37)17(2)33-29(35)27-25-20-8-4-5-9-21(20)26(28(27)30(33)36)23-11-7-6-10-22(23)25/h4-15,17,25-28H,3,16H2,1-2H3,(H,32,34)/t17-,25?,26?,27-,28+/m1/s1. The van der Waals surface area contributed by atoms with Gasteiger partial charge in [-0.05, 0) is 60.4 Å². The van der Waals surface area contributed by atoms with Crippen molar-refractivity contribution in [1.82, 2.24) is 4.90 Å². The predicted molar refractivity (Wildman–Crippen MR) is 142 cm³/mol. The van der Waals surface area contributed by atoms with Crippen molar-refractivity contribution in [1.29, 1.82) is 0 Å². The Hall–Kier alpha value is -4.46. The van der Waals surface area contributed by atoms with Crippen LogP contribution in [0.5, 0.6) is 5.75 Å². The van der Waals surface area contributed by atoms with Gasteiger partial charge in [-0.1, -0.05) is 48.5 Å². The quantitative estimate of drug-likeness (QED) is 0.372. The second-order valence-corrected chi connectivity index (χ2v) is 10.1. The Morgan fingerprint density at radius 3 is 1.77 bits per heavy atom. The van der Waals surface area contributed by atoms with Gasteiger partial charge in [0.1, 0.15) is 11.8 Å². The third-order valence-electron chi connectivity index (χ3n) is 8.01. The molecule has 8 nitrogen and oxygen atoms in total. The van der Waals surface area contributed by atoms with Crippen LogP contribution in [0.1, 0.15) is 47.9 Å². The van der Waals surface area contributed by atoms with E-state index in [0.29, 0.717) is 18.0 Å². The lowest BCUT2D eigenvalue weighted by Gasteiger charge is -2.45. The van der Waals surface area contributed by atoms with Gasteiger partial charge in [-0.25, -0.2) is 4.79 Å². The van der Waals surface area contributed by atoms with Crippen LogP contribution in [0.3, 0.4) is 0 Å². The van der Waals surface area contributed by atoms with Gasteiger partial charge in [0.15, 0.2) is 6.61 Å². The molecule has 1 aliphatic heterocycles. The zero-order chi connectivity index (χ0) is 27.3. The van der Waals surface area contributed by atoms with E-state index >= 15 is 0 Å². The van der Waals surface area contributed by atoms with Crippen molar-refractivity contribution < 1.29 is 28.7 Å². The molecule has 3 amide bonds. The Morgan fingerprint density at radius 1 is 0.821 bits per heavy atom. The van der Waals surface area contributed by atoms with Gasteiger partial charge in [0.2, 0.25) is 11.8 Å². The number of anilines is 1. The fourth-order valence-corrected chi connectivity index (χ4v) is 6.44. The summed E-state index contributed by atoms with van der Waals surface area (Å²) in [6, 6.07) is 21.6. The summed E-state index contributed by atoms with van der Waals surface area (Å²) >= 11 is 0. The molecule has 4 aliphatic rings. The highest BCUT2D eigenvalue weighted by atomic mass is 16.5. The van der Waals surface area contributed by atoms with E-state index in [4.69, 9.17) is 9.47 Å². The van der Waals surface area contributed by atoms with Crippen LogP contribution in [0.15, 0.2) is 72.8 Å². The zero-order valence-corrected chi connectivity index (χ0v) is 21.6. The zero-order valence-electron chi connectivity index (χ0n) is 21.6. The fourth-order valence-electron chi connectivity index (χ4n) is 6.44. The maximum absolute atomic E-state index is 13.8. The third-order valence-corrected chi connectivity index (χ3v) is 8.01. The molecule has 3 aromatic rings. The van der Waals surface area contributed by atoms with Crippen LogP contribution in [0.2, 0.25) is 0 Å². The summed E-state index contributed by atoms with van der Waals surface area (Å²) in [4.78, 5) is 53.9. The van der Waals surface area contributed by atoms with Crippen LogP contribution in [0, 0.1) is 11.8 Å². The lowest BCUT2D eigenvalue weighted by Crippen LogP contribution is -2.45. The maximum Gasteiger partial charge on any atom is 0.329 e. The van der Waals surface area contributed by atoms with Crippen molar-refractivity contribution in [3.8, 4) is 5.75 Å². The summed E-state index contributed by atoms with van der Waals surface area (Å²) < 4.78 is 10.6. The van der Waals surface area contributed by atoms with Gasteiger partial charge in [-0.3, -0.25) is 19.3 Å². The van der Waals surface area contributed by atoms with Crippen LogP contribution in [-0.4, -0.2) is 47.8 Å². The number of carbonyl (C=O) groups is 4. The van der Waals surface area contributed by atoms with E-state index in [1.165, 1.54) is 6.92 Å². The molecule has 3 aliphatic carbocycles. The molecule has 1 heterocycles. The summed E-state index contributed by atoms with van der Waals surface area (Å²) in [7, 11) is 0. The van der Waals surface area contributed by atoms with Crippen LogP contribution in [0.25, 0.3) is 0 Å². The molecular formula is C31H28N2O6. The van der Waals surface area contributed by atoms with Crippen molar-refractivity contribution in [3.63, 3.8) is 0 Å². The molecule has 3 atom stereocenters. The molecule has 8 heteroatoms. The van der Waals surface area contributed by atoms with Crippen molar-refractivity contribution in [2.24, 2.45) is 11.8 Å². The van der Waals surface area contributed by atoms with Gasteiger partial charge in [0.05, 0.1) is 18.4 Å². The van der Waals surface area contributed by atoms with E-state index in [-0.39, 0.29) is 23.7 Å². The predicted octanol–water partition coefficient (Wildman–Crippen LogP) is 3.85. The molecule has 0 saturated carbocycles. The Morgan fingerprint density at radius 2 is 1.31 bits per heavy atom. The molecule has 7 rings (SSSR count). The molecule has 0 unspecified atom stereocenters. The smallest absolute Gasteiger partial charge is 0.329 e. The van der Waals surface area contributed by atoms with Gasteiger partial charge >= 0.3 is 5.97 Å². The molecule has 1 fully saturated rings. The molecular weight excluding hydrogens is 496 g/mol. The number of nitrogens with one attached hydrogen (secondary N) is 1. The second kappa shape index (κ2) is 9.69. The van der Waals surface area contributed by atoms with Crippen LogP contribution >= 0.6 is 0 Å². The molecule has 39 heavy (non-hydrogen) atoms. The van der Waals surface area contributed by atoms with Gasteiger partial charge < -0.3 is 14.8 Å². The van der Waals surface area contributed by atoms with Gasteiger partial charge in [0, 0.05) is 17.5 Å². The van der Waals surface area contributed by atoms with E-state index in [2.05, 4.69) is 5.32 Å². The number of hydrogen-bond donors (Lipinski definition) is 1. The summed E-state index contributed by atoms with van der Waals surface area (Å²) in [5.74, 6) is -3.06. The van der Waals surface area contributed by atoms with E-state index in [9.17, 15) is 19.2 Å². The molecule has 0 radical (unpaired) electrons. The molecule has 1 N–H and O–H groups in total. The maximum atomic E-state index is 13.8. The Labute approximate surface area is 225 Å². The Bertz CT molecular complexity index is 1370. The number of esters is 1. The average molecular weight is 525 g/mol. The number of imide groups is 1. The lowest BCUT2D eigenvalue weighted by molar-refractivity contribution is -0.159. The van der Waals surface area contributed by atoms with Gasteiger partial charge in [-0.2, -0.15) is 0 Å². The average Bonchev–Trinajstić information content (AvgIpc) is 3.22. The Balaban J connectivity index is 1.17. The number of benzene rings is 3. The summed E-state index contributed by atoms with van der Waals surface area (Å²) in [5, 5.41) is 2.65. The number of carbonyl (C=O) groups excluding carboxylic acids is 4. The molecule has 3 aromatic carbocycles. The van der Waals surface area contributed by atoms with Crippen LogP contribution < -0.4 is 10.1 Å². The molecule has 0 spiro atoms. The van der Waals surface area contributed by atoms with Crippen molar-refractivity contribution in [2.45, 2.75) is 31.7 Å². The van der Waals surface area contributed by atoms with E-state index in [1.54, 1.807) is 24.3 Å². The largest absolute Gasteiger partial charge is 0.494 e. The monoisotopic (exact) mass is 524 g/mol. The van der Waals surface area contributed by atoms with Crippen molar-refractivity contribution in [2.75, 3.05) is 18.5 Å². The normalized spacial score (nSPS) is 23.0. The first-order valence-corrected chi connectivity index (χ1v) is 13.1. The topological polar surface area (TPSA) is 102 Å². The van der Waals surface area contributed by atoms with E-state index < -0.39 is 36.4 Å². The highest BCUT2D eigenvalue weighted by molar-refractivity contribution is 6.10. The second-order valence-electron chi connectivity index (χ2n) is 10.1. The van der Waals surface area contributed by atoms with Gasteiger partial charge in [0.25, 0.3) is 5.91 Å². The van der Waals surface area contributed by atoms with Gasteiger partial charge in [-0.15, -0.1) is 0 Å². The van der Waals surface area contributed by atoms with E-state index in [0.717, 1.165) is 27.2 Å². The Kier molecular flexibility index (Phi) is 6.17. The fraction of sp³-hybridized carbons (Fsp3) is 0.290. The summed E-state index contributed by atoms with van der Waals surface area (Å²) in [6.45, 7) is 3.35. The summed E-state index contributed by atoms with van der Waals surface area (Å²) in [5.41, 5.74) is 4.77. The van der Waals surface area contributed by atoms with Crippen LogP contribution in [-0.2, 0) is 23.9 Å². The third kappa shape index (κ3) is 3.98. The first-order valence-electron chi connectivity index (χ1n) is 13.1. The number of ether oxygens (including phenoxy) is 2. The lowest BCUT2D eigenvalue weighted by atomic mass is 9.55. The summed E-state index contributed by atoms with van der Waals surface area (Å²) in [6.07, 6.45) is 0. The van der Waals surface area contributed by atoms with Crippen molar-refractivity contribution >= 4 is 29.4 Å². The minimum Gasteiger partial charge on any atom is -0.494 e. The molecule has 2 bridgehead atoms. The molecule has 198 valence electrons. The number of rotatable bonds is 7. The highest BCUT2D eigenvalue weighted by Gasteiger charge is 2.62. The SMILES string of the molecule is CCOc1ccc(NC(=O)COC(=O)[C@@H](C)N2C(=O)[C@@H]3C4c5ccccc5C(c5ccccc54)[C@@H]3C2=O)cc1. The number of likely N-dealkylation sites (tertiary alicyclic amines) is 1.